The summed E-state index contributed by atoms with van der Waals surface area (Å²) in [5.74, 6) is -0.113. The van der Waals surface area contributed by atoms with Crippen molar-refractivity contribution in [1.82, 2.24) is 13.8 Å². The Morgan fingerprint density at radius 2 is 1.85 bits per heavy atom. The standard InChI is InChI=1S/C30H34N4O5S/c1-21-7-5-6-12-34(21)29(35)20-32-19-22(24-8-3-4-9-28(24)32)17-26-25-18-23(10-11-27(25)31(2)30(26)36)40(37,38)33-13-15-39-16-14-33/h3-4,8-11,17-19,21H,5-7,12-16,20H2,1-2H3/b26-17-. The highest BCUT2D eigenvalue weighted by atomic mass is 32.2. The molecule has 10 heteroatoms. The zero-order chi connectivity index (χ0) is 28.0. The second kappa shape index (κ2) is 10.5. The van der Waals surface area contributed by atoms with Crippen LogP contribution in [-0.2, 0) is 30.9 Å². The molecule has 1 unspecified atom stereocenters. The van der Waals surface area contributed by atoms with E-state index in [-0.39, 0.29) is 29.3 Å². The number of sulfonamides is 1. The number of carbonyl (C=O) groups excluding carboxylic acids is 2. The van der Waals surface area contributed by atoms with Crippen LogP contribution in [0.1, 0.15) is 37.3 Å². The molecule has 1 aromatic heterocycles. The Morgan fingerprint density at radius 1 is 1.07 bits per heavy atom. The molecule has 4 heterocycles. The van der Waals surface area contributed by atoms with Crippen molar-refractivity contribution in [2.24, 2.45) is 0 Å². The van der Waals surface area contributed by atoms with Gasteiger partial charge >= 0.3 is 0 Å². The van der Waals surface area contributed by atoms with Crippen LogP contribution in [0.15, 0.2) is 53.6 Å². The van der Waals surface area contributed by atoms with Crippen LogP contribution in [0, 0.1) is 0 Å². The monoisotopic (exact) mass is 562 g/mol. The molecule has 3 aliphatic rings. The molecule has 3 aromatic rings. The van der Waals surface area contributed by atoms with E-state index < -0.39 is 10.0 Å². The van der Waals surface area contributed by atoms with E-state index in [1.807, 2.05) is 46.0 Å². The summed E-state index contributed by atoms with van der Waals surface area (Å²) in [5, 5.41) is 0.926. The number of morpholine rings is 1. The minimum absolute atomic E-state index is 0.0899. The minimum Gasteiger partial charge on any atom is -0.379 e. The summed E-state index contributed by atoms with van der Waals surface area (Å²) < 4.78 is 35.4. The first-order valence-corrected chi connectivity index (χ1v) is 15.3. The number of aromatic nitrogens is 1. The van der Waals surface area contributed by atoms with Gasteiger partial charge in [-0.3, -0.25) is 9.59 Å². The number of fused-ring (bicyclic) bond motifs is 2. The molecule has 0 spiro atoms. The number of carbonyl (C=O) groups is 2. The van der Waals surface area contributed by atoms with Crippen LogP contribution in [0.4, 0.5) is 5.69 Å². The largest absolute Gasteiger partial charge is 0.379 e. The Morgan fingerprint density at radius 3 is 2.62 bits per heavy atom. The quantitative estimate of drug-likeness (QED) is 0.444. The number of likely N-dealkylation sites (N-methyl/N-ethyl adjacent to an activating group) is 1. The number of ether oxygens (including phenoxy) is 1. The fraction of sp³-hybridized carbons (Fsp3) is 0.400. The van der Waals surface area contributed by atoms with Gasteiger partial charge in [0, 0.05) is 66.5 Å². The molecule has 2 fully saturated rings. The maximum Gasteiger partial charge on any atom is 0.258 e. The Kier molecular flexibility index (Phi) is 7.02. The van der Waals surface area contributed by atoms with Gasteiger partial charge in [-0.1, -0.05) is 18.2 Å². The van der Waals surface area contributed by atoms with Crippen molar-refractivity contribution in [2.45, 2.75) is 43.7 Å². The van der Waals surface area contributed by atoms with Crippen molar-refractivity contribution < 1.29 is 22.7 Å². The molecule has 40 heavy (non-hydrogen) atoms. The lowest BCUT2D eigenvalue weighted by atomic mass is 10.0. The van der Waals surface area contributed by atoms with Gasteiger partial charge in [0.1, 0.15) is 6.54 Å². The molecule has 0 bridgehead atoms. The second-order valence-corrected chi connectivity index (χ2v) is 12.7. The summed E-state index contributed by atoms with van der Waals surface area (Å²) in [7, 11) is -2.03. The van der Waals surface area contributed by atoms with E-state index in [2.05, 4.69) is 6.92 Å². The Balaban J connectivity index is 1.38. The van der Waals surface area contributed by atoms with Crippen LogP contribution >= 0.6 is 0 Å². The molecule has 2 aromatic carbocycles. The molecule has 0 saturated carbocycles. The molecule has 0 aliphatic carbocycles. The molecule has 9 nitrogen and oxygen atoms in total. The zero-order valence-corrected chi connectivity index (χ0v) is 23.7. The van der Waals surface area contributed by atoms with E-state index in [1.54, 1.807) is 30.1 Å². The van der Waals surface area contributed by atoms with E-state index in [4.69, 9.17) is 4.74 Å². The first-order chi connectivity index (χ1) is 19.3. The fourth-order valence-electron chi connectivity index (χ4n) is 6.05. The lowest BCUT2D eigenvalue weighted by Crippen LogP contribution is -2.43. The summed E-state index contributed by atoms with van der Waals surface area (Å²) in [4.78, 5) is 30.3. The van der Waals surface area contributed by atoms with Gasteiger partial charge < -0.3 is 19.1 Å². The highest BCUT2D eigenvalue weighted by Gasteiger charge is 2.33. The van der Waals surface area contributed by atoms with Gasteiger partial charge in [-0.05, 0) is 56.5 Å². The third-order valence-electron chi connectivity index (χ3n) is 8.31. The van der Waals surface area contributed by atoms with Crippen molar-refractivity contribution in [3.8, 4) is 0 Å². The highest BCUT2D eigenvalue weighted by Crippen LogP contribution is 2.39. The summed E-state index contributed by atoms with van der Waals surface area (Å²) >= 11 is 0. The Bertz CT molecular complexity index is 1620. The van der Waals surface area contributed by atoms with E-state index in [1.165, 1.54) is 4.31 Å². The third-order valence-corrected chi connectivity index (χ3v) is 10.2. The first kappa shape index (κ1) is 26.7. The zero-order valence-electron chi connectivity index (χ0n) is 22.9. The van der Waals surface area contributed by atoms with Crippen LogP contribution in [0.2, 0.25) is 0 Å². The second-order valence-electron chi connectivity index (χ2n) is 10.8. The number of benzene rings is 2. The lowest BCUT2D eigenvalue weighted by molar-refractivity contribution is -0.135. The summed E-state index contributed by atoms with van der Waals surface area (Å²) in [6.07, 6.45) is 6.94. The Hall–Kier alpha value is -3.47. The molecule has 3 aliphatic heterocycles. The number of nitrogens with zero attached hydrogens (tertiary/aromatic N) is 4. The average Bonchev–Trinajstić information content (AvgIpc) is 3.43. The van der Waals surface area contributed by atoms with E-state index in [0.717, 1.165) is 42.3 Å². The molecule has 6 rings (SSSR count). The third kappa shape index (κ3) is 4.63. The molecule has 0 radical (unpaired) electrons. The topological polar surface area (TPSA) is 92.2 Å². The van der Waals surface area contributed by atoms with Crippen molar-refractivity contribution in [3.63, 3.8) is 0 Å². The van der Waals surface area contributed by atoms with E-state index >= 15 is 0 Å². The summed E-state index contributed by atoms with van der Waals surface area (Å²) in [6, 6.07) is 12.9. The van der Waals surface area contributed by atoms with Crippen LogP contribution in [0.25, 0.3) is 22.6 Å². The summed E-state index contributed by atoms with van der Waals surface area (Å²) in [5.41, 5.74) is 3.39. The number of hydrogen-bond acceptors (Lipinski definition) is 5. The van der Waals surface area contributed by atoms with Gasteiger partial charge in [-0.25, -0.2) is 8.42 Å². The number of para-hydroxylation sites is 1. The number of hydrogen-bond donors (Lipinski definition) is 0. The SMILES string of the molecule is CC1CCCCN1C(=O)Cn1cc(/C=C2\C(=O)N(C)c3ccc(S(=O)(=O)N4CCOCC4)cc32)c2ccccc21. The van der Waals surface area contributed by atoms with Gasteiger partial charge in [0.05, 0.1) is 23.8 Å². The molecular formula is C30H34N4O5S. The number of rotatable bonds is 5. The minimum atomic E-state index is -3.72. The van der Waals surface area contributed by atoms with Crippen LogP contribution in [0.3, 0.4) is 0 Å². The van der Waals surface area contributed by atoms with Crippen molar-refractivity contribution >= 4 is 50.1 Å². The lowest BCUT2D eigenvalue weighted by Gasteiger charge is -2.33. The molecule has 2 saturated heterocycles. The number of anilines is 1. The predicted molar refractivity (Wildman–Crippen MR) is 154 cm³/mol. The predicted octanol–water partition coefficient (Wildman–Crippen LogP) is 3.58. The number of amides is 2. The van der Waals surface area contributed by atoms with Crippen molar-refractivity contribution in [2.75, 3.05) is 44.8 Å². The van der Waals surface area contributed by atoms with Crippen molar-refractivity contribution in [1.29, 1.82) is 0 Å². The first-order valence-electron chi connectivity index (χ1n) is 13.8. The van der Waals surface area contributed by atoms with Gasteiger partial charge in [0.25, 0.3) is 5.91 Å². The highest BCUT2D eigenvalue weighted by molar-refractivity contribution is 7.89. The van der Waals surface area contributed by atoms with Crippen LogP contribution < -0.4 is 4.90 Å². The molecular weight excluding hydrogens is 528 g/mol. The fourth-order valence-corrected chi connectivity index (χ4v) is 7.48. The molecule has 210 valence electrons. The maximum absolute atomic E-state index is 13.4. The smallest absolute Gasteiger partial charge is 0.258 e. The molecule has 0 N–H and O–H groups in total. The van der Waals surface area contributed by atoms with E-state index in [0.29, 0.717) is 43.1 Å². The Labute approximate surface area is 234 Å². The summed E-state index contributed by atoms with van der Waals surface area (Å²) in [6.45, 7) is 4.43. The van der Waals surface area contributed by atoms with E-state index in [9.17, 15) is 18.0 Å². The molecule has 1 atom stereocenters. The van der Waals surface area contributed by atoms with Gasteiger partial charge in [0.2, 0.25) is 15.9 Å². The van der Waals surface area contributed by atoms with Crippen molar-refractivity contribution in [3.05, 3.63) is 59.8 Å². The van der Waals surface area contributed by atoms with Crippen LogP contribution in [0.5, 0.6) is 0 Å². The normalized spacial score (nSPS) is 21.4. The van der Waals surface area contributed by atoms with Crippen LogP contribution in [-0.4, -0.2) is 79.9 Å². The average molecular weight is 563 g/mol. The van der Waals surface area contributed by atoms with Gasteiger partial charge in [0.15, 0.2) is 0 Å². The number of likely N-dealkylation sites (tertiary alicyclic amines) is 1. The van der Waals surface area contributed by atoms with Gasteiger partial charge in [-0.15, -0.1) is 0 Å². The number of piperidine rings is 1. The van der Waals surface area contributed by atoms with Gasteiger partial charge in [-0.2, -0.15) is 4.31 Å². The molecule has 2 amide bonds. The maximum atomic E-state index is 13.4.